The second-order valence-electron chi connectivity index (χ2n) is 17.9. The molecule has 1 aliphatic rings. The molecule has 1 rings (SSSR count). The SMILES string of the molecule is CC/C=C\C/C=C\C/C=C\C/C=C\C/C=C\C/C=C\C/C=C\C/C=C\CCCCCCCCCCC(=O)NC(COC1OC(CO)C(O)C(O)C1O)C(O)/C=C/CC/C=C/CC/C=C/CCCCC. The summed E-state index contributed by atoms with van der Waals surface area (Å²) in [6.07, 6.45) is 66.5. The van der Waals surface area contributed by atoms with Crippen molar-refractivity contribution in [2.75, 3.05) is 13.2 Å². The van der Waals surface area contributed by atoms with Gasteiger partial charge < -0.3 is 40.3 Å². The minimum absolute atomic E-state index is 0.208. The summed E-state index contributed by atoms with van der Waals surface area (Å²) in [4.78, 5) is 13.0. The van der Waals surface area contributed by atoms with Gasteiger partial charge in [0.05, 0.1) is 25.4 Å². The number of carbonyl (C=O) groups is 1. The summed E-state index contributed by atoms with van der Waals surface area (Å²) in [6.45, 7) is 3.57. The van der Waals surface area contributed by atoms with Gasteiger partial charge in [0.25, 0.3) is 0 Å². The van der Waals surface area contributed by atoms with Crippen molar-refractivity contribution in [2.45, 2.75) is 224 Å². The van der Waals surface area contributed by atoms with Gasteiger partial charge in [-0.15, -0.1) is 0 Å². The van der Waals surface area contributed by atoms with Crippen molar-refractivity contribution in [3.05, 3.63) is 134 Å². The van der Waals surface area contributed by atoms with Gasteiger partial charge >= 0.3 is 0 Å². The quantitative estimate of drug-likeness (QED) is 0.0261. The van der Waals surface area contributed by atoms with Crippen LogP contribution in [0.5, 0.6) is 0 Å². The van der Waals surface area contributed by atoms with Crippen LogP contribution in [0, 0.1) is 0 Å². The molecule has 1 saturated heterocycles. The number of rotatable bonds is 43. The minimum Gasteiger partial charge on any atom is -0.394 e. The maximum atomic E-state index is 13.0. The van der Waals surface area contributed by atoms with Crippen LogP contribution in [0.4, 0.5) is 0 Å². The summed E-state index contributed by atoms with van der Waals surface area (Å²) in [5, 5.41) is 54.3. The van der Waals surface area contributed by atoms with Gasteiger partial charge in [0.2, 0.25) is 5.91 Å². The lowest BCUT2D eigenvalue weighted by atomic mass is 9.99. The van der Waals surface area contributed by atoms with Crippen LogP contribution in [0.2, 0.25) is 0 Å². The lowest BCUT2D eigenvalue weighted by Crippen LogP contribution is -2.60. The maximum absolute atomic E-state index is 13.0. The van der Waals surface area contributed by atoms with Gasteiger partial charge in [-0.25, -0.2) is 0 Å². The lowest BCUT2D eigenvalue weighted by molar-refractivity contribution is -0.302. The van der Waals surface area contributed by atoms with E-state index < -0.39 is 49.5 Å². The first-order valence-electron chi connectivity index (χ1n) is 26.9. The number of unbranched alkanes of at least 4 members (excludes halogenated alkanes) is 13. The molecule has 0 saturated carbocycles. The second-order valence-corrected chi connectivity index (χ2v) is 17.9. The highest BCUT2D eigenvalue weighted by atomic mass is 16.7. The lowest BCUT2D eigenvalue weighted by Gasteiger charge is -2.40. The fourth-order valence-corrected chi connectivity index (χ4v) is 7.44. The van der Waals surface area contributed by atoms with Crippen molar-refractivity contribution in [3.63, 3.8) is 0 Å². The van der Waals surface area contributed by atoms with E-state index in [1.165, 1.54) is 44.9 Å². The number of ether oxygens (including phenoxy) is 2. The fraction of sp³-hybridized carbons (Fsp3) is 0.617. The average Bonchev–Trinajstić information content (AvgIpc) is 3.35. The molecule has 7 atom stereocenters. The van der Waals surface area contributed by atoms with Crippen LogP contribution in [-0.4, -0.2) is 87.5 Å². The highest BCUT2D eigenvalue weighted by Gasteiger charge is 2.44. The molecule has 0 aromatic rings. The van der Waals surface area contributed by atoms with Gasteiger partial charge in [0, 0.05) is 6.42 Å². The maximum Gasteiger partial charge on any atom is 0.220 e. The number of aliphatic hydroxyl groups is 5. The molecule has 9 nitrogen and oxygen atoms in total. The summed E-state index contributed by atoms with van der Waals surface area (Å²) in [5.41, 5.74) is 0. The molecule has 9 heteroatoms. The van der Waals surface area contributed by atoms with Crippen molar-refractivity contribution in [1.29, 1.82) is 0 Å². The molecule has 1 aliphatic heterocycles. The molecule has 7 unspecified atom stereocenters. The summed E-state index contributed by atoms with van der Waals surface area (Å²) >= 11 is 0. The Balaban J connectivity index is 2.24. The molecule has 69 heavy (non-hydrogen) atoms. The van der Waals surface area contributed by atoms with Crippen LogP contribution in [0.15, 0.2) is 134 Å². The Bertz CT molecular complexity index is 1530. The van der Waals surface area contributed by atoms with Crippen molar-refractivity contribution in [2.24, 2.45) is 0 Å². The van der Waals surface area contributed by atoms with Crippen molar-refractivity contribution < 1.29 is 39.8 Å². The smallest absolute Gasteiger partial charge is 0.220 e. The predicted octanol–water partition coefficient (Wildman–Crippen LogP) is 12.9. The molecule has 1 fully saturated rings. The molecule has 0 spiro atoms. The van der Waals surface area contributed by atoms with Crippen LogP contribution in [0.3, 0.4) is 0 Å². The molecule has 1 heterocycles. The number of amides is 1. The van der Waals surface area contributed by atoms with E-state index in [1.807, 2.05) is 6.08 Å². The predicted molar refractivity (Wildman–Crippen MR) is 290 cm³/mol. The van der Waals surface area contributed by atoms with Crippen LogP contribution in [0.25, 0.3) is 0 Å². The number of aliphatic hydroxyl groups excluding tert-OH is 5. The minimum atomic E-state index is -1.58. The summed E-state index contributed by atoms with van der Waals surface area (Å²) < 4.78 is 11.2. The number of nitrogens with one attached hydrogen (secondary N) is 1. The van der Waals surface area contributed by atoms with E-state index in [9.17, 15) is 30.3 Å². The molecule has 1 amide bonds. The Morgan fingerprint density at radius 2 is 0.913 bits per heavy atom. The number of carbonyl (C=O) groups excluding carboxylic acids is 1. The van der Waals surface area contributed by atoms with Crippen LogP contribution < -0.4 is 5.32 Å². The van der Waals surface area contributed by atoms with Gasteiger partial charge in [-0.1, -0.05) is 199 Å². The fourth-order valence-electron chi connectivity index (χ4n) is 7.44. The molecule has 0 aliphatic carbocycles. The van der Waals surface area contributed by atoms with Crippen LogP contribution >= 0.6 is 0 Å². The Hall–Kier alpha value is -3.67. The summed E-state index contributed by atoms with van der Waals surface area (Å²) in [7, 11) is 0. The van der Waals surface area contributed by atoms with Crippen LogP contribution in [-0.2, 0) is 14.3 Å². The van der Waals surface area contributed by atoms with E-state index in [-0.39, 0.29) is 12.5 Å². The van der Waals surface area contributed by atoms with Gasteiger partial charge in [0.15, 0.2) is 6.29 Å². The van der Waals surface area contributed by atoms with E-state index in [0.717, 1.165) is 116 Å². The first-order valence-corrected chi connectivity index (χ1v) is 26.9. The zero-order valence-corrected chi connectivity index (χ0v) is 43.0. The van der Waals surface area contributed by atoms with E-state index >= 15 is 0 Å². The average molecular weight is 960 g/mol. The molecule has 0 aromatic heterocycles. The van der Waals surface area contributed by atoms with Gasteiger partial charge in [0.1, 0.15) is 24.4 Å². The Kier molecular flexibility index (Phi) is 44.0. The third-order valence-electron chi connectivity index (χ3n) is 11.7. The van der Waals surface area contributed by atoms with Gasteiger partial charge in [-0.05, 0) is 109 Å². The van der Waals surface area contributed by atoms with E-state index in [0.29, 0.717) is 6.42 Å². The largest absolute Gasteiger partial charge is 0.394 e. The summed E-state index contributed by atoms with van der Waals surface area (Å²) in [5.74, 6) is -0.208. The molecule has 0 bridgehead atoms. The first-order chi connectivity index (χ1) is 33.8. The van der Waals surface area contributed by atoms with Crippen molar-refractivity contribution >= 4 is 5.91 Å². The van der Waals surface area contributed by atoms with Crippen molar-refractivity contribution in [1.82, 2.24) is 5.32 Å². The highest BCUT2D eigenvalue weighted by molar-refractivity contribution is 5.76. The number of hydrogen-bond acceptors (Lipinski definition) is 8. The number of hydrogen-bond donors (Lipinski definition) is 6. The van der Waals surface area contributed by atoms with E-state index in [1.54, 1.807) is 6.08 Å². The van der Waals surface area contributed by atoms with Crippen LogP contribution in [0.1, 0.15) is 181 Å². The zero-order chi connectivity index (χ0) is 50.1. The normalized spacial score (nSPS) is 20.6. The Morgan fingerprint density at radius 3 is 1.39 bits per heavy atom. The second kappa shape index (κ2) is 48.0. The van der Waals surface area contributed by atoms with E-state index in [2.05, 4.69) is 141 Å². The summed E-state index contributed by atoms with van der Waals surface area (Å²) in [6, 6.07) is -0.842. The Morgan fingerprint density at radius 1 is 0.507 bits per heavy atom. The third-order valence-corrected chi connectivity index (χ3v) is 11.7. The molecular formula is C60H97NO8. The van der Waals surface area contributed by atoms with Crippen molar-refractivity contribution in [3.8, 4) is 0 Å². The topological polar surface area (TPSA) is 149 Å². The first kappa shape index (κ1) is 63.3. The standard InChI is InChI=1S/C60H97NO8/c1-3-5-7-9-11-13-15-17-18-19-20-21-22-23-24-25-26-27-28-29-30-31-32-33-34-35-36-38-40-42-44-46-48-50-56(64)61-53(52-68-60-59(67)58(66)57(65)55(51-62)69-60)54(63)49-47-45-43-41-39-37-16-14-12-10-8-6-4-2/h5,7,11-14,17-18,20-21,23-24,26-27,29-30,32-33,39,41,47,49,53-55,57-60,62-63,65-67H,3-4,6,8-10,15-16,19,22,25,28,31,34-38,40,42-46,48,50-52H2,1-2H3,(H,61,64)/b7-5-,13-11-,14-12+,18-17-,21-20-,24-23-,27-26-,30-29-,33-32-,41-39+,49-47+. The monoisotopic (exact) mass is 960 g/mol. The molecule has 0 aromatic carbocycles. The molecular weight excluding hydrogens is 863 g/mol. The van der Waals surface area contributed by atoms with E-state index in [4.69, 9.17) is 9.47 Å². The molecule has 390 valence electrons. The van der Waals surface area contributed by atoms with Gasteiger partial charge in [-0.2, -0.15) is 0 Å². The third kappa shape index (κ3) is 37.8. The highest BCUT2D eigenvalue weighted by Crippen LogP contribution is 2.22. The Labute approximate surface area is 420 Å². The zero-order valence-electron chi connectivity index (χ0n) is 43.0. The molecule has 6 N–H and O–H groups in total. The molecule has 0 radical (unpaired) electrons. The van der Waals surface area contributed by atoms with Gasteiger partial charge in [-0.3, -0.25) is 4.79 Å². The number of allylic oxidation sites excluding steroid dienone is 21.